The van der Waals surface area contributed by atoms with E-state index in [0.717, 1.165) is 11.1 Å². The van der Waals surface area contributed by atoms with Crippen LogP contribution in [-0.2, 0) is 9.59 Å². The molecule has 23 heavy (non-hydrogen) atoms. The Morgan fingerprint density at radius 1 is 1.09 bits per heavy atom. The maximum absolute atomic E-state index is 11.7. The summed E-state index contributed by atoms with van der Waals surface area (Å²) in [6, 6.07) is 5.72. The molecule has 0 aliphatic rings. The van der Waals surface area contributed by atoms with Crippen LogP contribution in [0.5, 0.6) is 5.75 Å². The number of benzene rings is 1. The van der Waals surface area contributed by atoms with E-state index in [2.05, 4.69) is 16.2 Å². The Kier molecular flexibility index (Phi) is 7.47. The number of aryl methyl sites for hydroxylation is 2. The number of nitrogens with one attached hydrogen (secondary N) is 3. The Labute approximate surface area is 141 Å². The van der Waals surface area contributed by atoms with Crippen molar-refractivity contribution in [1.29, 1.82) is 0 Å². The van der Waals surface area contributed by atoms with Crippen LogP contribution >= 0.6 is 12.2 Å². The number of hydrogen-bond donors (Lipinski definition) is 3. The molecule has 3 N–H and O–H groups in total. The van der Waals surface area contributed by atoms with E-state index in [0.29, 0.717) is 12.2 Å². The first-order chi connectivity index (χ1) is 10.8. The summed E-state index contributed by atoms with van der Waals surface area (Å²) >= 11 is 4.91. The summed E-state index contributed by atoms with van der Waals surface area (Å²) in [6.07, 6.45) is 0.367. The molecule has 0 saturated heterocycles. The lowest BCUT2D eigenvalue weighted by molar-refractivity contribution is -0.124. The topological polar surface area (TPSA) is 79.5 Å². The first-order valence-corrected chi connectivity index (χ1v) is 7.77. The van der Waals surface area contributed by atoms with Gasteiger partial charge in [-0.25, -0.2) is 0 Å². The van der Waals surface area contributed by atoms with Crippen molar-refractivity contribution in [2.24, 2.45) is 5.92 Å². The maximum Gasteiger partial charge on any atom is 0.276 e. The monoisotopic (exact) mass is 337 g/mol. The van der Waals surface area contributed by atoms with Gasteiger partial charge in [-0.2, -0.15) is 0 Å². The van der Waals surface area contributed by atoms with Gasteiger partial charge in [0.2, 0.25) is 5.91 Å². The van der Waals surface area contributed by atoms with Gasteiger partial charge in [0.05, 0.1) is 0 Å². The minimum atomic E-state index is -0.399. The molecule has 0 spiro atoms. The van der Waals surface area contributed by atoms with Gasteiger partial charge in [-0.05, 0) is 55.2 Å². The predicted molar refractivity (Wildman–Crippen MR) is 92.9 cm³/mol. The third-order valence-electron chi connectivity index (χ3n) is 2.73. The molecule has 0 atom stereocenters. The van der Waals surface area contributed by atoms with Crippen LogP contribution in [0.25, 0.3) is 0 Å². The Bertz CT molecular complexity index is 568. The van der Waals surface area contributed by atoms with Gasteiger partial charge in [0.15, 0.2) is 11.7 Å². The average molecular weight is 337 g/mol. The lowest BCUT2D eigenvalue weighted by Gasteiger charge is -2.12. The summed E-state index contributed by atoms with van der Waals surface area (Å²) in [4.78, 5) is 23.2. The van der Waals surface area contributed by atoms with Gasteiger partial charge in [-0.1, -0.05) is 19.9 Å². The number of thiocarbonyl (C=S) groups is 1. The summed E-state index contributed by atoms with van der Waals surface area (Å²) in [6.45, 7) is 7.63. The molecule has 1 aromatic carbocycles. The zero-order valence-corrected chi connectivity index (χ0v) is 14.7. The first-order valence-electron chi connectivity index (χ1n) is 7.36. The fraction of sp³-hybridized carbons (Fsp3) is 0.438. The van der Waals surface area contributed by atoms with Crippen LogP contribution in [0.15, 0.2) is 18.2 Å². The minimum absolute atomic E-state index is 0.0513. The Balaban J connectivity index is 2.31. The van der Waals surface area contributed by atoms with E-state index in [4.69, 9.17) is 17.0 Å². The second kappa shape index (κ2) is 9.09. The van der Waals surface area contributed by atoms with Crippen molar-refractivity contribution in [2.45, 2.75) is 34.1 Å². The molecule has 0 fully saturated rings. The molecule has 0 aliphatic carbocycles. The lowest BCUT2D eigenvalue weighted by atomic mass is 10.1. The summed E-state index contributed by atoms with van der Waals surface area (Å²) in [7, 11) is 0. The van der Waals surface area contributed by atoms with E-state index >= 15 is 0 Å². The standard InChI is InChI=1S/C16H23N3O3S/c1-10(2)5-14(20)17-16(23)19-18-15(21)9-22-13-7-11(3)6-12(4)8-13/h6-8,10H,5,9H2,1-4H3,(H,18,21)(H2,17,19,20,23). The van der Waals surface area contributed by atoms with Crippen molar-refractivity contribution < 1.29 is 14.3 Å². The van der Waals surface area contributed by atoms with Crippen molar-refractivity contribution in [3.05, 3.63) is 29.3 Å². The third-order valence-corrected chi connectivity index (χ3v) is 2.93. The molecule has 0 unspecified atom stereocenters. The van der Waals surface area contributed by atoms with Crippen LogP contribution in [0.4, 0.5) is 0 Å². The molecule has 0 aliphatic heterocycles. The van der Waals surface area contributed by atoms with Gasteiger partial charge in [0.25, 0.3) is 5.91 Å². The highest BCUT2D eigenvalue weighted by Crippen LogP contribution is 2.15. The SMILES string of the molecule is Cc1cc(C)cc(OCC(=O)NNC(=S)NC(=O)CC(C)C)c1. The Morgan fingerprint density at radius 3 is 2.26 bits per heavy atom. The minimum Gasteiger partial charge on any atom is -0.484 e. The summed E-state index contributed by atoms with van der Waals surface area (Å²) in [5.41, 5.74) is 6.96. The normalized spacial score (nSPS) is 10.1. The van der Waals surface area contributed by atoms with Crippen molar-refractivity contribution in [3.8, 4) is 5.75 Å². The highest BCUT2D eigenvalue weighted by atomic mass is 32.1. The first kappa shape index (κ1) is 18.9. The van der Waals surface area contributed by atoms with Gasteiger partial charge >= 0.3 is 0 Å². The molecular weight excluding hydrogens is 314 g/mol. The van der Waals surface area contributed by atoms with Crippen molar-refractivity contribution >= 4 is 29.1 Å². The van der Waals surface area contributed by atoms with E-state index < -0.39 is 5.91 Å². The second-order valence-electron chi connectivity index (χ2n) is 5.76. The van der Waals surface area contributed by atoms with E-state index in [1.807, 2.05) is 45.9 Å². The van der Waals surface area contributed by atoms with Gasteiger partial charge < -0.3 is 10.1 Å². The smallest absolute Gasteiger partial charge is 0.276 e. The number of ether oxygens (including phenoxy) is 1. The molecule has 1 aromatic rings. The number of hydrogen-bond acceptors (Lipinski definition) is 4. The zero-order valence-electron chi connectivity index (χ0n) is 13.9. The van der Waals surface area contributed by atoms with Crippen molar-refractivity contribution in [2.75, 3.05) is 6.61 Å². The van der Waals surface area contributed by atoms with Gasteiger partial charge in [0, 0.05) is 6.42 Å². The van der Waals surface area contributed by atoms with Gasteiger partial charge in [-0.15, -0.1) is 0 Å². The molecule has 126 valence electrons. The fourth-order valence-corrected chi connectivity index (χ4v) is 2.07. The molecular formula is C16H23N3O3S. The molecule has 2 amide bonds. The zero-order chi connectivity index (χ0) is 17.4. The molecule has 0 aromatic heterocycles. The fourth-order valence-electron chi connectivity index (χ4n) is 1.91. The van der Waals surface area contributed by atoms with E-state index in [1.54, 1.807) is 0 Å². The largest absolute Gasteiger partial charge is 0.484 e. The third kappa shape index (κ3) is 8.15. The molecule has 1 rings (SSSR count). The van der Waals surface area contributed by atoms with Gasteiger partial charge in [-0.3, -0.25) is 20.4 Å². The second-order valence-corrected chi connectivity index (χ2v) is 6.17. The Hall–Kier alpha value is -2.15. The summed E-state index contributed by atoms with van der Waals surface area (Å²) in [5, 5.41) is 2.53. The molecule has 6 nitrogen and oxygen atoms in total. The van der Waals surface area contributed by atoms with Crippen LogP contribution in [0.1, 0.15) is 31.4 Å². The average Bonchev–Trinajstić information content (AvgIpc) is 2.40. The highest BCUT2D eigenvalue weighted by Gasteiger charge is 2.08. The van der Waals surface area contributed by atoms with Crippen LogP contribution in [0.2, 0.25) is 0 Å². The molecule has 0 saturated carbocycles. The number of carbonyl (C=O) groups is 2. The molecule has 0 radical (unpaired) electrons. The number of rotatable bonds is 5. The highest BCUT2D eigenvalue weighted by molar-refractivity contribution is 7.80. The quantitative estimate of drug-likeness (QED) is 0.563. The summed E-state index contributed by atoms with van der Waals surface area (Å²) in [5.74, 6) is 0.270. The lowest BCUT2D eigenvalue weighted by Crippen LogP contribution is -2.49. The number of carbonyl (C=O) groups excluding carboxylic acids is 2. The number of hydrazine groups is 1. The summed E-state index contributed by atoms with van der Waals surface area (Å²) < 4.78 is 5.41. The molecule has 0 heterocycles. The Morgan fingerprint density at radius 2 is 1.70 bits per heavy atom. The van der Waals surface area contributed by atoms with E-state index in [-0.39, 0.29) is 23.5 Å². The van der Waals surface area contributed by atoms with Crippen LogP contribution in [-0.4, -0.2) is 23.5 Å². The van der Waals surface area contributed by atoms with Crippen LogP contribution in [0.3, 0.4) is 0 Å². The number of amides is 2. The van der Waals surface area contributed by atoms with E-state index in [1.165, 1.54) is 0 Å². The maximum atomic E-state index is 11.7. The molecule has 7 heteroatoms. The molecule has 0 bridgehead atoms. The van der Waals surface area contributed by atoms with Crippen molar-refractivity contribution in [3.63, 3.8) is 0 Å². The van der Waals surface area contributed by atoms with Gasteiger partial charge in [0.1, 0.15) is 5.75 Å². The van der Waals surface area contributed by atoms with Crippen LogP contribution in [0, 0.1) is 19.8 Å². The predicted octanol–water partition coefficient (Wildman–Crippen LogP) is 1.75. The van der Waals surface area contributed by atoms with Crippen molar-refractivity contribution in [1.82, 2.24) is 16.2 Å². The van der Waals surface area contributed by atoms with Crippen LogP contribution < -0.4 is 20.9 Å². The van der Waals surface area contributed by atoms with E-state index in [9.17, 15) is 9.59 Å².